The molecule has 0 aromatic heterocycles. The van der Waals surface area contributed by atoms with Gasteiger partial charge >= 0.3 is 0 Å². The van der Waals surface area contributed by atoms with Crippen LogP contribution < -0.4 is 0 Å². The number of benzene rings is 1. The van der Waals surface area contributed by atoms with E-state index in [1.165, 1.54) is 43.2 Å². The van der Waals surface area contributed by atoms with Gasteiger partial charge in [0.05, 0.1) is 12.4 Å². The van der Waals surface area contributed by atoms with Gasteiger partial charge in [-0.2, -0.15) is 0 Å². The van der Waals surface area contributed by atoms with E-state index in [1.54, 1.807) is 0 Å². The highest BCUT2D eigenvalue weighted by molar-refractivity contribution is 5.48. The molecule has 17 heavy (non-hydrogen) atoms. The Hall–Kier alpha value is -1.24. The van der Waals surface area contributed by atoms with Crippen molar-refractivity contribution in [2.45, 2.75) is 51.6 Å². The van der Waals surface area contributed by atoms with E-state index in [1.807, 2.05) is 6.26 Å². The van der Waals surface area contributed by atoms with Crippen molar-refractivity contribution in [3.8, 4) is 0 Å². The molecule has 1 nitrogen and oxygen atoms in total. The van der Waals surface area contributed by atoms with E-state index in [9.17, 15) is 0 Å². The molecule has 0 amide bonds. The standard InChI is InChI=1S/C16H22O/c1-2-14-8-10-15(11-9-14)12-13-17-16-6-4-3-5-7-16/h8-13,16H,2-7H2,1H3. The summed E-state index contributed by atoms with van der Waals surface area (Å²) in [5.74, 6) is 0. The Balaban J connectivity index is 1.82. The molecule has 0 bridgehead atoms. The average Bonchev–Trinajstić information content (AvgIpc) is 2.41. The zero-order valence-electron chi connectivity index (χ0n) is 10.7. The van der Waals surface area contributed by atoms with Crippen molar-refractivity contribution in [3.63, 3.8) is 0 Å². The number of aryl methyl sites for hydroxylation is 1. The van der Waals surface area contributed by atoms with Crippen LogP contribution in [0.2, 0.25) is 0 Å². The van der Waals surface area contributed by atoms with Gasteiger partial charge in [-0.25, -0.2) is 0 Å². The first kappa shape index (κ1) is 12.2. The van der Waals surface area contributed by atoms with Crippen molar-refractivity contribution in [3.05, 3.63) is 41.7 Å². The fraction of sp³-hybridized carbons (Fsp3) is 0.500. The SMILES string of the molecule is CCc1ccc(C=COC2CCCCC2)cc1. The molecule has 2 rings (SSSR count). The summed E-state index contributed by atoms with van der Waals surface area (Å²) < 4.78 is 5.76. The first-order valence-electron chi connectivity index (χ1n) is 6.79. The molecule has 1 aromatic rings. The quantitative estimate of drug-likeness (QED) is 0.688. The predicted octanol–water partition coefficient (Wildman–Crippen LogP) is 4.57. The fourth-order valence-electron chi connectivity index (χ4n) is 2.29. The van der Waals surface area contributed by atoms with Crippen molar-refractivity contribution in [2.75, 3.05) is 0 Å². The fourth-order valence-corrected chi connectivity index (χ4v) is 2.29. The van der Waals surface area contributed by atoms with Crippen LogP contribution in [-0.2, 0) is 11.2 Å². The summed E-state index contributed by atoms with van der Waals surface area (Å²) in [6.45, 7) is 2.18. The highest BCUT2D eigenvalue weighted by atomic mass is 16.5. The highest BCUT2D eigenvalue weighted by Gasteiger charge is 2.12. The Labute approximate surface area is 104 Å². The molecule has 0 aliphatic heterocycles. The molecule has 0 N–H and O–H groups in total. The van der Waals surface area contributed by atoms with Crippen molar-refractivity contribution in [1.82, 2.24) is 0 Å². The molecule has 1 aliphatic carbocycles. The zero-order chi connectivity index (χ0) is 11.9. The van der Waals surface area contributed by atoms with Crippen LogP contribution in [-0.4, -0.2) is 6.10 Å². The van der Waals surface area contributed by atoms with Crippen LogP contribution >= 0.6 is 0 Å². The first-order chi connectivity index (χ1) is 8.38. The van der Waals surface area contributed by atoms with Crippen molar-refractivity contribution in [2.24, 2.45) is 0 Å². The molecule has 1 aliphatic rings. The van der Waals surface area contributed by atoms with Gasteiger partial charge in [0.15, 0.2) is 0 Å². The van der Waals surface area contributed by atoms with Gasteiger partial charge < -0.3 is 4.74 Å². The van der Waals surface area contributed by atoms with Gasteiger partial charge in [0, 0.05) is 0 Å². The second kappa shape index (κ2) is 6.48. The monoisotopic (exact) mass is 230 g/mol. The van der Waals surface area contributed by atoms with Gasteiger partial charge in [0.1, 0.15) is 0 Å². The van der Waals surface area contributed by atoms with Gasteiger partial charge in [-0.05, 0) is 49.3 Å². The Kier molecular flexibility index (Phi) is 4.66. The zero-order valence-corrected chi connectivity index (χ0v) is 10.7. The summed E-state index contributed by atoms with van der Waals surface area (Å²) in [5.41, 5.74) is 2.60. The van der Waals surface area contributed by atoms with Crippen molar-refractivity contribution >= 4 is 6.08 Å². The lowest BCUT2D eigenvalue weighted by Gasteiger charge is -2.20. The predicted molar refractivity (Wildman–Crippen MR) is 72.8 cm³/mol. The molecule has 0 radical (unpaired) electrons. The van der Waals surface area contributed by atoms with Crippen LogP contribution in [0.15, 0.2) is 30.5 Å². The van der Waals surface area contributed by atoms with Gasteiger partial charge in [-0.1, -0.05) is 37.6 Å². The number of rotatable bonds is 4. The Morgan fingerprint density at radius 3 is 2.47 bits per heavy atom. The molecule has 0 atom stereocenters. The molecule has 1 saturated carbocycles. The number of ether oxygens (including phenoxy) is 1. The van der Waals surface area contributed by atoms with Gasteiger partial charge in [-0.3, -0.25) is 0 Å². The van der Waals surface area contributed by atoms with E-state index in [2.05, 4.69) is 37.3 Å². The second-order valence-corrected chi connectivity index (χ2v) is 4.79. The maximum Gasteiger partial charge on any atom is 0.0978 e. The molecule has 1 heteroatoms. The molecule has 0 heterocycles. The third-order valence-electron chi connectivity index (χ3n) is 3.47. The highest BCUT2D eigenvalue weighted by Crippen LogP contribution is 2.20. The second-order valence-electron chi connectivity index (χ2n) is 4.79. The van der Waals surface area contributed by atoms with Crippen molar-refractivity contribution < 1.29 is 4.74 Å². The van der Waals surface area contributed by atoms with E-state index in [4.69, 9.17) is 4.74 Å². The Morgan fingerprint density at radius 1 is 1.12 bits per heavy atom. The van der Waals surface area contributed by atoms with E-state index in [-0.39, 0.29) is 0 Å². The van der Waals surface area contributed by atoms with Crippen LogP contribution in [0.5, 0.6) is 0 Å². The lowest BCUT2D eigenvalue weighted by atomic mass is 9.98. The lowest BCUT2D eigenvalue weighted by molar-refractivity contribution is 0.108. The summed E-state index contributed by atoms with van der Waals surface area (Å²) in [5, 5.41) is 0. The van der Waals surface area contributed by atoms with Crippen LogP contribution in [0, 0.1) is 0 Å². The summed E-state index contributed by atoms with van der Waals surface area (Å²) in [4.78, 5) is 0. The summed E-state index contributed by atoms with van der Waals surface area (Å²) in [7, 11) is 0. The molecular weight excluding hydrogens is 208 g/mol. The summed E-state index contributed by atoms with van der Waals surface area (Å²) in [6, 6.07) is 8.67. The minimum atomic E-state index is 0.454. The molecule has 0 spiro atoms. The van der Waals surface area contributed by atoms with E-state index in [0.717, 1.165) is 6.42 Å². The van der Waals surface area contributed by atoms with Gasteiger partial charge in [0.2, 0.25) is 0 Å². The van der Waals surface area contributed by atoms with Crippen LogP contribution in [0.25, 0.3) is 6.08 Å². The van der Waals surface area contributed by atoms with Crippen LogP contribution in [0.4, 0.5) is 0 Å². The maximum atomic E-state index is 5.76. The third-order valence-corrected chi connectivity index (χ3v) is 3.47. The molecule has 1 aromatic carbocycles. The average molecular weight is 230 g/mol. The van der Waals surface area contributed by atoms with Gasteiger partial charge in [-0.15, -0.1) is 0 Å². The largest absolute Gasteiger partial charge is 0.498 e. The molecule has 92 valence electrons. The maximum absolute atomic E-state index is 5.76. The molecule has 1 fully saturated rings. The van der Waals surface area contributed by atoms with Crippen LogP contribution in [0.3, 0.4) is 0 Å². The van der Waals surface area contributed by atoms with Gasteiger partial charge in [0.25, 0.3) is 0 Å². The first-order valence-corrected chi connectivity index (χ1v) is 6.79. The molecule has 0 saturated heterocycles. The minimum absolute atomic E-state index is 0.454. The number of hydrogen-bond acceptors (Lipinski definition) is 1. The summed E-state index contributed by atoms with van der Waals surface area (Å²) >= 11 is 0. The third kappa shape index (κ3) is 3.92. The molecule has 0 unspecified atom stereocenters. The molecular formula is C16H22O. The topological polar surface area (TPSA) is 9.23 Å². The van der Waals surface area contributed by atoms with E-state index in [0.29, 0.717) is 6.10 Å². The lowest BCUT2D eigenvalue weighted by Crippen LogP contribution is -2.13. The van der Waals surface area contributed by atoms with Crippen molar-refractivity contribution in [1.29, 1.82) is 0 Å². The smallest absolute Gasteiger partial charge is 0.0978 e. The van der Waals surface area contributed by atoms with Crippen LogP contribution in [0.1, 0.15) is 50.2 Å². The minimum Gasteiger partial charge on any atom is -0.498 e. The van der Waals surface area contributed by atoms with E-state index < -0.39 is 0 Å². The Bertz CT molecular complexity index is 344. The number of hydrogen-bond donors (Lipinski definition) is 0. The van der Waals surface area contributed by atoms with E-state index >= 15 is 0 Å². The Morgan fingerprint density at radius 2 is 1.82 bits per heavy atom. The normalized spacial score (nSPS) is 17.5. The summed E-state index contributed by atoms with van der Waals surface area (Å²) in [6.07, 6.45) is 12.0.